The highest BCUT2D eigenvalue weighted by atomic mass is 19.1. The van der Waals surface area contributed by atoms with Crippen LogP contribution in [0.25, 0.3) is 0 Å². The SMILES string of the molecule is CCCCCCCc1ccc(C2CCC(C#Cc3ccc(CCCCC)c(F)c3)CC2)cc1. The highest BCUT2D eigenvalue weighted by molar-refractivity contribution is 5.37. The molecule has 0 spiro atoms. The second kappa shape index (κ2) is 14.2. The molecule has 0 atom stereocenters. The number of aryl methyl sites for hydroxylation is 2. The molecule has 1 aliphatic rings. The van der Waals surface area contributed by atoms with E-state index in [2.05, 4.69) is 50.0 Å². The zero-order chi connectivity index (χ0) is 23.3. The fourth-order valence-corrected chi connectivity index (χ4v) is 5.04. The Balaban J connectivity index is 1.44. The minimum atomic E-state index is -0.0917. The van der Waals surface area contributed by atoms with E-state index in [1.54, 1.807) is 6.07 Å². The van der Waals surface area contributed by atoms with Crippen LogP contribution in [-0.2, 0) is 12.8 Å². The third kappa shape index (κ3) is 8.66. The molecule has 2 aromatic carbocycles. The summed E-state index contributed by atoms with van der Waals surface area (Å²) in [7, 11) is 0. The molecule has 0 N–H and O–H groups in total. The Morgan fingerprint density at radius 2 is 1.42 bits per heavy atom. The van der Waals surface area contributed by atoms with Gasteiger partial charge in [0.1, 0.15) is 5.82 Å². The highest BCUT2D eigenvalue weighted by Crippen LogP contribution is 2.35. The molecule has 178 valence electrons. The van der Waals surface area contributed by atoms with E-state index in [1.165, 1.54) is 62.5 Å². The summed E-state index contributed by atoms with van der Waals surface area (Å²) >= 11 is 0. The van der Waals surface area contributed by atoms with Gasteiger partial charge in [-0.15, -0.1) is 0 Å². The van der Waals surface area contributed by atoms with Crippen LogP contribution in [0.5, 0.6) is 0 Å². The summed E-state index contributed by atoms with van der Waals surface area (Å²) in [6.45, 7) is 4.45. The predicted molar refractivity (Wildman–Crippen MR) is 140 cm³/mol. The summed E-state index contributed by atoms with van der Waals surface area (Å²) in [5.74, 6) is 7.71. The molecule has 0 amide bonds. The van der Waals surface area contributed by atoms with Crippen molar-refractivity contribution in [3.8, 4) is 11.8 Å². The molecule has 0 radical (unpaired) electrons. The summed E-state index contributed by atoms with van der Waals surface area (Å²) in [5.41, 5.74) is 4.63. The fourth-order valence-electron chi connectivity index (χ4n) is 5.04. The van der Waals surface area contributed by atoms with E-state index in [4.69, 9.17) is 0 Å². The highest BCUT2D eigenvalue weighted by Gasteiger charge is 2.21. The minimum absolute atomic E-state index is 0.0917. The molecule has 0 saturated heterocycles. The minimum Gasteiger partial charge on any atom is -0.207 e. The van der Waals surface area contributed by atoms with Crippen molar-refractivity contribution in [2.75, 3.05) is 0 Å². The molecule has 1 fully saturated rings. The molecule has 1 saturated carbocycles. The smallest absolute Gasteiger partial charge is 0.127 e. The first-order valence-corrected chi connectivity index (χ1v) is 13.6. The van der Waals surface area contributed by atoms with Crippen molar-refractivity contribution in [3.63, 3.8) is 0 Å². The van der Waals surface area contributed by atoms with E-state index in [0.717, 1.165) is 49.7 Å². The Labute approximate surface area is 202 Å². The van der Waals surface area contributed by atoms with Crippen molar-refractivity contribution in [1.82, 2.24) is 0 Å². The summed E-state index contributed by atoms with van der Waals surface area (Å²) in [4.78, 5) is 0. The van der Waals surface area contributed by atoms with Gasteiger partial charge in [-0.05, 0) is 86.1 Å². The Morgan fingerprint density at radius 1 is 0.758 bits per heavy atom. The lowest BCUT2D eigenvalue weighted by molar-refractivity contribution is 0.384. The lowest BCUT2D eigenvalue weighted by Gasteiger charge is -2.26. The van der Waals surface area contributed by atoms with E-state index in [1.807, 2.05) is 12.1 Å². The quantitative estimate of drug-likeness (QED) is 0.238. The molecule has 0 bridgehead atoms. The van der Waals surface area contributed by atoms with Gasteiger partial charge in [0, 0.05) is 11.5 Å². The molecular formula is C32H43F. The third-order valence-corrected chi connectivity index (χ3v) is 7.27. The van der Waals surface area contributed by atoms with Gasteiger partial charge in [-0.25, -0.2) is 4.39 Å². The van der Waals surface area contributed by atoms with Crippen molar-refractivity contribution in [1.29, 1.82) is 0 Å². The maximum Gasteiger partial charge on any atom is 0.127 e. The van der Waals surface area contributed by atoms with Gasteiger partial charge in [-0.1, -0.05) is 94.5 Å². The third-order valence-electron chi connectivity index (χ3n) is 7.27. The lowest BCUT2D eigenvalue weighted by Crippen LogP contribution is -2.12. The van der Waals surface area contributed by atoms with E-state index in [9.17, 15) is 4.39 Å². The van der Waals surface area contributed by atoms with Crippen LogP contribution in [0.3, 0.4) is 0 Å². The fraction of sp³-hybridized carbons (Fsp3) is 0.562. The van der Waals surface area contributed by atoms with Gasteiger partial charge in [0.15, 0.2) is 0 Å². The summed E-state index contributed by atoms with van der Waals surface area (Å²) in [6, 6.07) is 15.0. The molecule has 33 heavy (non-hydrogen) atoms. The van der Waals surface area contributed by atoms with Gasteiger partial charge in [-0.2, -0.15) is 0 Å². The van der Waals surface area contributed by atoms with Crippen molar-refractivity contribution < 1.29 is 4.39 Å². The van der Waals surface area contributed by atoms with Crippen molar-refractivity contribution >= 4 is 0 Å². The van der Waals surface area contributed by atoms with Crippen LogP contribution in [0.2, 0.25) is 0 Å². The van der Waals surface area contributed by atoms with Crippen LogP contribution >= 0.6 is 0 Å². The first-order chi connectivity index (χ1) is 16.2. The lowest BCUT2D eigenvalue weighted by atomic mass is 9.78. The summed E-state index contributed by atoms with van der Waals surface area (Å²) < 4.78 is 14.4. The Kier molecular flexibility index (Phi) is 11.0. The van der Waals surface area contributed by atoms with Gasteiger partial charge in [0.25, 0.3) is 0 Å². The zero-order valence-corrected chi connectivity index (χ0v) is 21.0. The number of hydrogen-bond donors (Lipinski definition) is 0. The molecule has 0 nitrogen and oxygen atoms in total. The van der Waals surface area contributed by atoms with Crippen LogP contribution in [-0.4, -0.2) is 0 Å². The molecule has 0 aliphatic heterocycles. The molecular weight excluding hydrogens is 403 g/mol. The number of rotatable bonds is 11. The van der Waals surface area contributed by atoms with E-state index in [-0.39, 0.29) is 5.82 Å². The van der Waals surface area contributed by atoms with Gasteiger partial charge in [0.05, 0.1) is 0 Å². The Morgan fingerprint density at radius 3 is 2.12 bits per heavy atom. The average Bonchev–Trinajstić information content (AvgIpc) is 2.85. The molecule has 1 aliphatic carbocycles. The molecule has 3 rings (SSSR count). The molecule has 0 heterocycles. The van der Waals surface area contributed by atoms with Gasteiger partial charge >= 0.3 is 0 Å². The average molecular weight is 447 g/mol. The second-order valence-corrected chi connectivity index (χ2v) is 9.99. The normalized spacial score (nSPS) is 18.0. The maximum atomic E-state index is 14.4. The van der Waals surface area contributed by atoms with Crippen LogP contribution in [0, 0.1) is 23.6 Å². The van der Waals surface area contributed by atoms with Crippen molar-refractivity contribution in [2.24, 2.45) is 5.92 Å². The molecule has 0 unspecified atom stereocenters. The van der Waals surface area contributed by atoms with Crippen molar-refractivity contribution in [3.05, 3.63) is 70.5 Å². The number of benzene rings is 2. The monoisotopic (exact) mass is 446 g/mol. The number of halogens is 1. The largest absolute Gasteiger partial charge is 0.207 e. The Bertz CT molecular complexity index is 875. The van der Waals surface area contributed by atoms with E-state index in [0.29, 0.717) is 11.8 Å². The van der Waals surface area contributed by atoms with Gasteiger partial charge < -0.3 is 0 Å². The van der Waals surface area contributed by atoms with Gasteiger partial charge in [0.2, 0.25) is 0 Å². The summed E-state index contributed by atoms with van der Waals surface area (Å²) in [6.07, 6.45) is 16.9. The topological polar surface area (TPSA) is 0 Å². The van der Waals surface area contributed by atoms with Gasteiger partial charge in [-0.3, -0.25) is 0 Å². The molecule has 2 aromatic rings. The van der Waals surface area contributed by atoms with Crippen LogP contribution in [0.4, 0.5) is 4.39 Å². The predicted octanol–water partition coefficient (Wildman–Crippen LogP) is 9.40. The summed E-state index contributed by atoms with van der Waals surface area (Å²) in [5, 5.41) is 0. The van der Waals surface area contributed by atoms with E-state index >= 15 is 0 Å². The first-order valence-electron chi connectivity index (χ1n) is 13.6. The second-order valence-electron chi connectivity index (χ2n) is 9.99. The van der Waals surface area contributed by atoms with Crippen LogP contribution in [0.1, 0.15) is 119 Å². The molecule has 0 aromatic heterocycles. The standard InChI is InChI=1S/C32H43F/c1-3-5-7-8-10-11-26-15-20-29(21-16-26)30-22-17-27(18-23-30)13-14-28-19-24-31(32(33)25-28)12-9-6-4-2/h15-16,19-21,24-25,27,30H,3-12,17-18,22-23H2,1-2H3. The zero-order valence-electron chi connectivity index (χ0n) is 21.0. The first kappa shape index (κ1) is 25.6. The van der Waals surface area contributed by atoms with Crippen molar-refractivity contribution in [2.45, 2.75) is 110 Å². The van der Waals surface area contributed by atoms with Crippen LogP contribution in [0.15, 0.2) is 42.5 Å². The molecule has 1 heteroatoms. The maximum absolute atomic E-state index is 14.4. The number of hydrogen-bond acceptors (Lipinski definition) is 0. The number of unbranched alkanes of at least 4 members (excludes halogenated alkanes) is 6. The van der Waals surface area contributed by atoms with Crippen LogP contribution < -0.4 is 0 Å². The van der Waals surface area contributed by atoms with E-state index < -0.39 is 0 Å². The Hall–Kier alpha value is -2.07.